The molecule has 0 fully saturated rings. The topological polar surface area (TPSA) is 21.3 Å². The molecule has 1 unspecified atom stereocenters. The van der Waals surface area contributed by atoms with E-state index in [1.54, 1.807) is 0 Å². The fourth-order valence-corrected chi connectivity index (χ4v) is 2.01. The van der Waals surface area contributed by atoms with Gasteiger partial charge >= 0.3 is 0 Å². The second kappa shape index (κ2) is 7.93. The zero-order valence-electron chi connectivity index (χ0n) is 11.8. The number of allylic oxidation sites excluding steroid dienone is 1. The van der Waals surface area contributed by atoms with Gasteiger partial charge in [0.1, 0.15) is 5.75 Å². The first kappa shape index (κ1) is 14.8. The molecular formula is C16H25NO. The summed E-state index contributed by atoms with van der Waals surface area (Å²) in [6.07, 6.45) is 2.13. The van der Waals surface area contributed by atoms with Gasteiger partial charge in [0.25, 0.3) is 0 Å². The van der Waals surface area contributed by atoms with Crippen LogP contribution in [-0.4, -0.2) is 13.2 Å². The average Bonchev–Trinajstić information content (AvgIpc) is 2.35. The number of rotatable bonds is 8. The molecule has 0 saturated carbocycles. The monoisotopic (exact) mass is 247 g/mol. The lowest BCUT2D eigenvalue weighted by Gasteiger charge is -2.19. The Kier molecular flexibility index (Phi) is 6.51. The predicted molar refractivity (Wildman–Crippen MR) is 78.1 cm³/mol. The van der Waals surface area contributed by atoms with Crippen molar-refractivity contribution in [2.75, 3.05) is 13.2 Å². The van der Waals surface area contributed by atoms with E-state index in [2.05, 4.69) is 43.9 Å². The summed E-state index contributed by atoms with van der Waals surface area (Å²) in [5, 5.41) is 3.53. The van der Waals surface area contributed by atoms with Crippen molar-refractivity contribution in [1.82, 2.24) is 5.32 Å². The maximum atomic E-state index is 5.56. The van der Waals surface area contributed by atoms with Crippen LogP contribution >= 0.6 is 0 Å². The Hall–Kier alpha value is -1.28. The molecule has 0 bridgehead atoms. The molecule has 0 aliphatic rings. The molecular weight excluding hydrogens is 222 g/mol. The molecule has 0 heterocycles. The molecule has 0 spiro atoms. The van der Waals surface area contributed by atoms with Crippen LogP contribution in [0, 0.1) is 0 Å². The molecule has 0 aliphatic heterocycles. The normalized spacial score (nSPS) is 12.2. The van der Waals surface area contributed by atoms with E-state index in [-0.39, 0.29) is 0 Å². The van der Waals surface area contributed by atoms with Gasteiger partial charge in [0.15, 0.2) is 0 Å². The maximum absolute atomic E-state index is 5.56. The molecule has 18 heavy (non-hydrogen) atoms. The predicted octanol–water partition coefficient (Wildman–Crippen LogP) is 4.09. The first-order valence-electron chi connectivity index (χ1n) is 6.77. The van der Waals surface area contributed by atoms with Crippen molar-refractivity contribution in [2.45, 2.75) is 39.7 Å². The molecule has 0 aromatic heterocycles. The van der Waals surface area contributed by atoms with Crippen molar-refractivity contribution >= 4 is 0 Å². The van der Waals surface area contributed by atoms with Crippen LogP contribution in [0.15, 0.2) is 36.4 Å². The van der Waals surface area contributed by atoms with Gasteiger partial charge in [-0.1, -0.05) is 24.6 Å². The molecule has 1 aromatic rings. The third-order valence-electron chi connectivity index (χ3n) is 2.88. The molecule has 1 rings (SSSR count). The van der Waals surface area contributed by atoms with E-state index >= 15 is 0 Å². The van der Waals surface area contributed by atoms with E-state index in [4.69, 9.17) is 4.74 Å². The minimum Gasteiger partial charge on any atom is -0.494 e. The summed E-state index contributed by atoms with van der Waals surface area (Å²) in [5.74, 6) is 0.952. The Morgan fingerprint density at radius 2 is 2.17 bits per heavy atom. The van der Waals surface area contributed by atoms with Crippen LogP contribution in [0.25, 0.3) is 0 Å². The second-order valence-corrected chi connectivity index (χ2v) is 4.61. The highest BCUT2D eigenvalue weighted by atomic mass is 16.5. The zero-order valence-corrected chi connectivity index (χ0v) is 11.8. The fraction of sp³-hybridized carbons (Fsp3) is 0.500. The standard InChI is InChI=1S/C16H25NO/c1-5-17-16(11-10-13(3)4)14-8-7-9-15(12-14)18-6-2/h7-9,12,16-17H,3,5-6,10-11H2,1-2,4H3. The largest absolute Gasteiger partial charge is 0.494 e. The summed E-state index contributed by atoms with van der Waals surface area (Å²) >= 11 is 0. The van der Waals surface area contributed by atoms with Crippen LogP contribution < -0.4 is 10.1 Å². The molecule has 2 heteroatoms. The van der Waals surface area contributed by atoms with E-state index < -0.39 is 0 Å². The van der Waals surface area contributed by atoms with E-state index in [1.165, 1.54) is 11.1 Å². The van der Waals surface area contributed by atoms with Gasteiger partial charge < -0.3 is 10.1 Å². The summed E-state index contributed by atoms with van der Waals surface area (Å²) in [6.45, 7) is 11.9. The highest BCUT2D eigenvalue weighted by Gasteiger charge is 2.10. The molecule has 1 N–H and O–H groups in total. The van der Waals surface area contributed by atoms with Gasteiger partial charge in [-0.05, 0) is 50.9 Å². The van der Waals surface area contributed by atoms with Crippen LogP contribution in [-0.2, 0) is 0 Å². The number of nitrogens with one attached hydrogen (secondary N) is 1. The highest BCUT2D eigenvalue weighted by Crippen LogP contribution is 2.24. The number of hydrogen-bond acceptors (Lipinski definition) is 2. The van der Waals surface area contributed by atoms with Crippen molar-refractivity contribution in [3.8, 4) is 5.75 Å². The summed E-state index contributed by atoms with van der Waals surface area (Å²) in [5.41, 5.74) is 2.53. The average molecular weight is 247 g/mol. The fourth-order valence-electron chi connectivity index (χ4n) is 2.01. The van der Waals surface area contributed by atoms with Crippen LogP contribution in [0.1, 0.15) is 45.2 Å². The van der Waals surface area contributed by atoms with E-state index in [0.717, 1.165) is 25.1 Å². The highest BCUT2D eigenvalue weighted by molar-refractivity contribution is 5.30. The van der Waals surface area contributed by atoms with Crippen molar-refractivity contribution < 1.29 is 4.74 Å². The molecule has 1 aromatic carbocycles. The van der Waals surface area contributed by atoms with Crippen LogP contribution in [0.3, 0.4) is 0 Å². The van der Waals surface area contributed by atoms with Crippen molar-refractivity contribution in [3.05, 3.63) is 42.0 Å². The van der Waals surface area contributed by atoms with Gasteiger partial charge in [-0.25, -0.2) is 0 Å². The van der Waals surface area contributed by atoms with Crippen molar-refractivity contribution in [1.29, 1.82) is 0 Å². The smallest absolute Gasteiger partial charge is 0.119 e. The summed E-state index contributed by atoms with van der Waals surface area (Å²) in [6, 6.07) is 8.75. The quantitative estimate of drug-likeness (QED) is 0.699. The SMILES string of the molecule is C=C(C)CCC(NCC)c1cccc(OCC)c1. The van der Waals surface area contributed by atoms with Gasteiger partial charge in [-0.15, -0.1) is 6.58 Å². The van der Waals surface area contributed by atoms with Gasteiger partial charge in [-0.2, -0.15) is 0 Å². The molecule has 100 valence electrons. The zero-order chi connectivity index (χ0) is 13.4. The van der Waals surface area contributed by atoms with Gasteiger partial charge in [0.2, 0.25) is 0 Å². The Labute approximate surface area is 111 Å². The minimum absolute atomic E-state index is 0.382. The molecule has 1 atom stereocenters. The minimum atomic E-state index is 0.382. The molecule has 0 amide bonds. The Morgan fingerprint density at radius 1 is 1.39 bits per heavy atom. The van der Waals surface area contributed by atoms with Crippen LogP contribution in [0.4, 0.5) is 0 Å². The molecule has 0 aliphatic carbocycles. The molecule has 2 nitrogen and oxygen atoms in total. The molecule has 0 saturated heterocycles. The van der Waals surface area contributed by atoms with Gasteiger partial charge in [0.05, 0.1) is 6.61 Å². The summed E-state index contributed by atoms with van der Waals surface area (Å²) < 4.78 is 5.56. The number of ether oxygens (including phenoxy) is 1. The lowest BCUT2D eigenvalue weighted by molar-refractivity contribution is 0.339. The Morgan fingerprint density at radius 3 is 2.78 bits per heavy atom. The lowest BCUT2D eigenvalue weighted by Crippen LogP contribution is -2.21. The number of hydrogen-bond donors (Lipinski definition) is 1. The van der Waals surface area contributed by atoms with E-state index in [1.807, 2.05) is 13.0 Å². The van der Waals surface area contributed by atoms with Crippen LogP contribution in [0.5, 0.6) is 5.75 Å². The third-order valence-corrected chi connectivity index (χ3v) is 2.88. The first-order valence-corrected chi connectivity index (χ1v) is 6.77. The summed E-state index contributed by atoms with van der Waals surface area (Å²) in [4.78, 5) is 0. The lowest BCUT2D eigenvalue weighted by atomic mass is 9.99. The first-order chi connectivity index (χ1) is 8.67. The summed E-state index contributed by atoms with van der Waals surface area (Å²) in [7, 11) is 0. The molecule has 0 radical (unpaired) electrons. The number of benzene rings is 1. The van der Waals surface area contributed by atoms with E-state index in [9.17, 15) is 0 Å². The van der Waals surface area contributed by atoms with Crippen LogP contribution in [0.2, 0.25) is 0 Å². The van der Waals surface area contributed by atoms with E-state index in [0.29, 0.717) is 12.6 Å². The van der Waals surface area contributed by atoms with Crippen molar-refractivity contribution in [3.63, 3.8) is 0 Å². The van der Waals surface area contributed by atoms with Gasteiger partial charge in [-0.3, -0.25) is 0 Å². The van der Waals surface area contributed by atoms with Crippen molar-refractivity contribution in [2.24, 2.45) is 0 Å². The van der Waals surface area contributed by atoms with Gasteiger partial charge in [0, 0.05) is 6.04 Å². The third kappa shape index (κ3) is 4.92. The second-order valence-electron chi connectivity index (χ2n) is 4.61. The Bertz CT molecular complexity index is 373. The Balaban J connectivity index is 2.76. The maximum Gasteiger partial charge on any atom is 0.119 e.